The lowest BCUT2D eigenvalue weighted by molar-refractivity contribution is -0.129. The Morgan fingerprint density at radius 3 is 2.85 bits per heavy atom. The third-order valence-electron chi connectivity index (χ3n) is 2.67. The maximum atomic E-state index is 13.3. The molecule has 2 fully saturated rings. The second-order valence-electron chi connectivity index (χ2n) is 3.54. The Balaban J connectivity index is 2.17. The molecule has 0 spiro atoms. The third-order valence-corrected chi connectivity index (χ3v) is 2.67. The Bertz CT molecular complexity index is 257. The van der Waals surface area contributed by atoms with Crippen molar-refractivity contribution in [3.8, 4) is 0 Å². The standard InChI is InChI=1S/C8H11FN2O2/c9-4-2-1-3-5-6(4)7(12)11-8(13)10-5/h4-6H,1-3H2,(H2,10,11,12,13). The zero-order valence-electron chi connectivity index (χ0n) is 7.05. The van der Waals surface area contributed by atoms with Gasteiger partial charge in [0.05, 0.1) is 5.92 Å². The molecule has 1 aliphatic heterocycles. The summed E-state index contributed by atoms with van der Waals surface area (Å²) in [6.07, 6.45) is 0.740. The van der Waals surface area contributed by atoms with Crippen molar-refractivity contribution in [2.24, 2.45) is 5.92 Å². The molecule has 5 heteroatoms. The van der Waals surface area contributed by atoms with E-state index in [9.17, 15) is 14.0 Å². The van der Waals surface area contributed by atoms with E-state index >= 15 is 0 Å². The van der Waals surface area contributed by atoms with Crippen LogP contribution in [0.1, 0.15) is 19.3 Å². The number of halogens is 1. The topological polar surface area (TPSA) is 58.2 Å². The van der Waals surface area contributed by atoms with Crippen LogP contribution in [0, 0.1) is 5.92 Å². The summed E-state index contributed by atoms with van der Waals surface area (Å²) in [5.74, 6) is -1.15. The molecule has 1 heterocycles. The summed E-state index contributed by atoms with van der Waals surface area (Å²) >= 11 is 0. The molecule has 72 valence electrons. The fraction of sp³-hybridized carbons (Fsp3) is 0.750. The second-order valence-corrected chi connectivity index (χ2v) is 3.54. The number of urea groups is 1. The Kier molecular flexibility index (Phi) is 1.94. The number of rotatable bonds is 0. The maximum Gasteiger partial charge on any atom is 0.321 e. The monoisotopic (exact) mass is 186 g/mol. The first kappa shape index (κ1) is 8.47. The van der Waals surface area contributed by atoms with Crippen molar-refractivity contribution in [2.75, 3.05) is 0 Å². The van der Waals surface area contributed by atoms with E-state index in [4.69, 9.17) is 0 Å². The van der Waals surface area contributed by atoms with Gasteiger partial charge in [-0.25, -0.2) is 9.18 Å². The van der Waals surface area contributed by atoms with Crippen molar-refractivity contribution < 1.29 is 14.0 Å². The Labute approximate surface area is 74.9 Å². The fourth-order valence-electron chi connectivity index (χ4n) is 2.05. The highest BCUT2D eigenvalue weighted by molar-refractivity contribution is 5.98. The van der Waals surface area contributed by atoms with Crippen LogP contribution in [0.3, 0.4) is 0 Å². The SMILES string of the molecule is O=C1NC(=O)C2C(F)CCCC2N1. The molecule has 0 aromatic carbocycles. The van der Waals surface area contributed by atoms with Gasteiger partial charge in [0.25, 0.3) is 0 Å². The van der Waals surface area contributed by atoms with Gasteiger partial charge in [0.15, 0.2) is 0 Å². The van der Waals surface area contributed by atoms with Gasteiger partial charge in [-0.05, 0) is 19.3 Å². The number of hydrogen-bond donors (Lipinski definition) is 2. The van der Waals surface area contributed by atoms with Crippen LogP contribution >= 0.6 is 0 Å². The van der Waals surface area contributed by atoms with Gasteiger partial charge in [0.2, 0.25) is 5.91 Å². The normalized spacial score (nSPS) is 39.0. The molecule has 0 bridgehead atoms. The van der Waals surface area contributed by atoms with Crippen LogP contribution in [0.4, 0.5) is 9.18 Å². The predicted octanol–water partition coefficient (Wildman–Crippen LogP) is 0.333. The van der Waals surface area contributed by atoms with Crippen molar-refractivity contribution in [3.63, 3.8) is 0 Å². The highest BCUT2D eigenvalue weighted by Gasteiger charge is 2.43. The molecule has 2 rings (SSSR count). The van der Waals surface area contributed by atoms with Crippen molar-refractivity contribution in [1.29, 1.82) is 0 Å². The summed E-state index contributed by atoms with van der Waals surface area (Å²) in [7, 11) is 0. The molecule has 3 amide bonds. The maximum absolute atomic E-state index is 13.3. The first-order chi connectivity index (χ1) is 6.18. The molecule has 2 N–H and O–H groups in total. The van der Waals surface area contributed by atoms with Crippen LogP contribution in [0.15, 0.2) is 0 Å². The van der Waals surface area contributed by atoms with Gasteiger partial charge in [0.1, 0.15) is 6.17 Å². The summed E-state index contributed by atoms with van der Waals surface area (Å²) < 4.78 is 13.3. The van der Waals surface area contributed by atoms with Gasteiger partial charge in [-0.1, -0.05) is 0 Å². The van der Waals surface area contributed by atoms with Crippen molar-refractivity contribution in [1.82, 2.24) is 10.6 Å². The van der Waals surface area contributed by atoms with E-state index < -0.39 is 24.0 Å². The van der Waals surface area contributed by atoms with Crippen molar-refractivity contribution in [3.05, 3.63) is 0 Å². The van der Waals surface area contributed by atoms with Gasteiger partial charge in [-0.15, -0.1) is 0 Å². The molecule has 13 heavy (non-hydrogen) atoms. The van der Waals surface area contributed by atoms with Gasteiger partial charge < -0.3 is 5.32 Å². The molecule has 4 nitrogen and oxygen atoms in total. The molecule has 1 saturated heterocycles. The molecule has 0 radical (unpaired) electrons. The molecule has 0 aromatic rings. The first-order valence-corrected chi connectivity index (χ1v) is 4.44. The molecular weight excluding hydrogens is 175 g/mol. The van der Waals surface area contributed by atoms with Crippen LogP contribution < -0.4 is 10.6 Å². The first-order valence-electron chi connectivity index (χ1n) is 4.44. The minimum absolute atomic E-state index is 0.301. The van der Waals surface area contributed by atoms with Crippen molar-refractivity contribution in [2.45, 2.75) is 31.5 Å². The Hall–Kier alpha value is -1.13. The van der Waals surface area contributed by atoms with Crippen LogP contribution in [0.25, 0.3) is 0 Å². The largest absolute Gasteiger partial charge is 0.334 e. The minimum Gasteiger partial charge on any atom is -0.334 e. The minimum atomic E-state index is -1.11. The zero-order valence-corrected chi connectivity index (χ0v) is 7.05. The van der Waals surface area contributed by atoms with E-state index in [1.807, 2.05) is 0 Å². The smallest absolute Gasteiger partial charge is 0.321 e. The van der Waals surface area contributed by atoms with Crippen LogP contribution in [0.5, 0.6) is 0 Å². The van der Waals surface area contributed by atoms with E-state index in [0.717, 1.165) is 6.42 Å². The number of amides is 3. The summed E-state index contributed by atoms with van der Waals surface area (Å²) in [6, 6.07) is -0.801. The van der Waals surface area contributed by atoms with E-state index in [0.29, 0.717) is 12.8 Å². The van der Waals surface area contributed by atoms with E-state index in [-0.39, 0.29) is 6.04 Å². The van der Waals surface area contributed by atoms with Gasteiger partial charge in [-0.3, -0.25) is 10.1 Å². The third kappa shape index (κ3) is 1.38. The number of imide groups is 1. The molecule has 3 unspecified atom stereocenters. The van der Waals surface area contributed by atoms with E-state index in [2.05, 4.69) is 10.6 Å². The lowest BCUT2D eigenvalue weighted by atomic mass is 9.81. The average Bonchev–Trinajstić information content (AvgIpc) is 2.02. The summed E-state index contributed by atoms with van der Waals surface area (Å²) in [5.41, 5.74) is 0. The van der Waals surface area contributed by atoms with Gasteiger partial charge in [-0.2, -0.15) is 0 Å². The number of hydrogen-bond acceptors (Lipinski definition) is 2. The second kappa shape index (κ2) is 2.97. The van der Waals surface area contributed by atoms with Gasteiger partial charge in [0, 0.05) is 6.04 Å². The number of carbonyl (C=O) groups excluding carboxylic acids is 2. The quantitative estimate of drug-likeness (QED) is 0.573. The van der Waals surface area contributed by atoms with E-state index in [1.165, 1.54) is 0 Å². The Morgan fingerprint density at radius 2 is 2.08 bits per heavy atom. The number of carbonyl (C=O) groups is 2. The van der Waals surface area contributed by atoms with Gasteiger partial charge >= 0.3 is 6.03 Å². The van der Waals surface area contributed by atoms with Crippen molar-refractivity contribution >= 4 is 11.9 Å². The number of alkyl halides is 1. The molecule has 0 aromatic heterocycles. The molecule has 1 saturated carbocycles. The van der Waals surface area contributed by atoms with Crippen LogP contribution in [-0.4, -0.2) is 24.2 Å². The number of fused-ring (bicyclic) bond motifs is 1. The highest BCUT2D eigenvalue weighted by atomic mass is 19.1. The lowest BCUT2D eigenvalue weighted by Crippen LogP contribution is -2.61. The van der Waals surface area contributed by atoms with Crippen LogP contribution in [0.2, 0.25) is 0 Å². The zero-order chi connectivity index (χ0) is 9.42. The van der Waals surface area contributed by atoms with E-state index in [1.54, 1.807) is 0 Å². The Morgan fingerprint density at radius 1 is 1.31 bits per heavy atom. The molecule has 2 aliphatic rings. The average molecular weight is 186 g/mol. The predicted molar refractivity (Wildman–Crippen MR) is 42.7 cm³/mol. The molecule has 3 atom stereocenters. The lowest BCUT2D eigenvalue weighted by Gasteiger charge is -2.36. The molecule has 1 aliphatic carbocycles. The number of nitrogens with one attached hydrogen (secondary N) is 2. The summed E-state index contributed by atoms with van der Waals surface area (Å²) in [6.45, 7) is 0. The van der Waals surface area contributed by atoms with Crippen LogP contribution in [-0.2, 0) is 4.79 Å². The summed E-state index contributed by atoms with van der Waals surface area (Å²) in [5, 5.41) is 4.65. The highest BCUT2D eigenvalue weighted by Crippen LogP contribution is 2.29. The molecular formula is C8H11FN2O2. The summed E-state index contributed by atoms with van der Waals surface area (Å²) in [4.78, 5) is 22.1. The fourth-order valence-corrected chi connectivity index (χ4v) is 2.05.